The van der Waals surface area contributed by atoms with E-state index in [2.05, 4.69) is 20.3 Å². The number of pyridine rings is 1. The zero-order chi connectivity index (χ0) is 19.8. The second-order valence-electron chi connectivity index (χ2n) is 6.66. The molecule has 3 aromatic heterocycles. The number of fused-ring (bicyclic) bond motifs is 1. The molecule has 0 unspecified atom stereocenters. The van der Waals surface area contributed by atoms with Gasteiger partial charge < -0.3 is 15.3 Å². The van der Waals surface area contributed by atoms with Gasteiger partial charge in [0.1, 0.15) is 5.82 Å². The Bertz CT molecular complexity index is 1050. The van der Waals surface area contributed by atoms with Gasteiger partial charge in [-0.2, -0.15) is 0 Å². The fourth-order valence-electron chi connectivity index (χ4n) is 3.13. The predicted octanol–water partition coefficient (Wildman–Crippen LogP) is 3.26. The number of hydrogen-bond acceptors (Lipinski definition) is 7. The minimum atomic E-state index is -0.522. The van der Waals surface area contributed by atoms with Gasteiger partial charge in [-0.15, -0.1) is 11.3 Å². The van der Waals surface area contributed by atoms with Gasteiger partial charge in [0.05, 0.1) is 32.9 Å². The summed E-state index contributed by atoms with van der Waals surface area (Å²) in [6, 6.07) is 2.73. The standard InChI is InChI=1S/C18H17ClFN5O2S/c1-9(10-4-11(20)7-21-6-10)22-18-23-13-5-14(19)28-16(13)15(24-18)17(27)25-3-2-12(26)8-25/h4-7,9,12,26H,2-3,8H2,1H3,(H,22,23,24)/t9-,12+/m0/s1. The number of aliphatic hydroxyl groups is 1. The highest BCUT2D eigenvalue weighted by Crippen LogP contribution is 2.32. The number of hydrogen-bond donors (Lipinski definition) is 2. The molecule has 2 N–H and O–H groups in total. The molecule has 2 atom stereocenters. The molecule has 1 saturated heterocycles. The fourth-order valence-corrected chi connectivity index (χ4v) is 4.27. The molecule has 1 aliphatic rings. The summed E-state index contributed by atoms with van der Waals surface area (Å²) in [6.45, 7) is 2.57. The van der Waals surface area contributed by atoms with Crippen molar-refractivity contribution in [2.75, 3.05) is 18.4 Å². The number of aliphatic hydroxyl groups excluding tert-OH is 1. The van der Waals surface area contributed by atoms with Crippen LogP contribution in [0.15, 0.2) is 24.5 Å². The van der Waals surface area contributed by atoms with E-state index in [1.165, 1.54) is 17.4 Å². The molecule has 0 bridgehead atoms. The first-order valence-electron chi connectivity index (χ1n) is 8.72. The van der Waals surface area contributed by atoms with Crippen molar-refractivity contribution < 1.29 is 14.3 Å². The highest BCUT2D eigenvalue weighted by molar-refractivity contribution is 7.23. The molecule has 0 aliphatic carbocycles. The quantitative estimate of drug-likeness (QED) is 0.671. The van der Waals surface area contributed by atoms with E-state index < -0.39 is 11.9 Å². The maximum absolute atomic E-state index is 13.4. The number of nitrogens with one attached hydrogen (secondary N) is 1. The molecule has 4 heterocycles. The van der Waals surface area contributed by atoms with E-state index in [0.717, 1.165) is 6.20 Å². The molecule has 0 spiro atoms. The molecule has 146 valence electrons. The number of nitrogens with zero attached hydrogens (tertiary/aromatic N) is 4. The van der Waals surface area contributed by atoms with Crippen molar-refractivity contribution >= 4 is 45.0 Å². The third-order valence-corrected chi connectivity index (χ3v) is 5.83. The fraction of sp³-hybridized carbons (Fsp3) is 0.333. The summed E-state index contributed by atoms with van der Waals surface area (Å²) >= 11 is 7.37. The van der Waals surface area contributed by atoms with Crippen LogP contribution in [0.1, 0.15) is 35.4 Å². The van der Waals surface area contributed by atoms with Crippen LogP contribution >= 0.6 is 22.9 Å². The Hall–Kier alpha value is -2.36. The van der Waals surface area contributed by atoms with E-state index in [4.69, 9.17) is 11.6 Å². The average Bonchev–Trinajstić information content (AvgIpc) is 3.25. The minimum absolute atomic E-state index is 0.238. The first-order chi connectivity index (χ1) is 13.4. The summed E-state index contributed by atoms with van der Waals surface area (Å²) in [5, 5.41) is 12.8. The molecule has 0 aromatic carbocycles. The predicted molar refractivity (Wildman–Crippen MR) is 105 cm³/mol. The average molecular weight is 422 g/mol. The van der Waals surface area contributed by atoms with Crippen molar-refractivity contribution in [3.05, 3.63) is 45.9 Å². The van der Waals surface area contributed by atoms with E-state index >= 15 is 0 Å². The van der Waals surface area contributed by atoms with Crippen LogP contribution in [-0.2, 0) is 0 Å². The first-order valence-corrected chi connectivity index (χ1v) is 9.91. The van der Waals surface area contributed by atoms with Gasteiger partial charge in [0.25, 0.3) is 5.91 Å². The number of anilines is 1. The van der Waals surface area contributed by atoms with Crippen molar-refractivity contribution in [3.8, 4) is 0 Å². The zero-order valence-electron chi connectivity index (χ0n) is 14.9. The van der Waals surface area contributed by atoms with Gasteiger partial charge in [-0.05, 0) is 31.0 Å². The number of halogens is 2. The van der Waals surface area contributed by atoms with Crippen LogP contribution in [0.2, 0.25) is 4.34 Å². The SMILES string of the molecule is C[C@H](Nc1nc(C(=O)N2CC[C@@H](O)C2)c2sc(Cl)cc2n1)c1cncc(F)c1. The van der Waals surface area contributed by atoms with Crippen molar-refractivity contribution in [1.82, 2.24) is 19.9 Å². The number of β-amino-alcohol motifs (C(OH)–C–C–N with tert-alkyl or cyclic N) is 1. The van der Waals surface area contributed by atoms with Gasteiger partial charge in [-0.25, -0.2) is 14.4 Å². The number of aromatic nitrogens is 3. The molecule has 3 aromatic rings. The smallest absolute Gasteiger partial charge is 0.274 e. The Labute approximate surface area is 169 Å². The number of likely N-dealkylation sites (tertiary alicyclic amines) is 1. The summed E-state index contributed by atoms with van der Waals surface area (Å²) in [5.74, 6) is -0.469. The topological polar surface area (TPSA) is 91.2 Å². The lowest BCUT2D eigenvalue weighted by Crippen LogP contribution is -2.30. The van der Waals surface area contributed by atoms with E-state index in [1.807, 2.05) is 6.92 Å². The Morgan fingerprint density at radius 3 is 2.96 bits per heavy atom. The summed E-state index contributed by atoms with van der Waals surface area (Å²) in [4.78, 5) is 27.2. The molecule has 0 radical (unpaired) electrons. The van der Waals surface area contributed by atoms with Gasteiger partial charge >= 0.3 is 0 Å². The lowest BCUT2D eigenvalue weighted by Gasteiger charge is -2.17. The van der Waals surface area contributed by atoms with Gasteiger partial charge in [0, 0.05) is 19.3 Å². The van der Waals surface area contributed by atoms with E-state index in [0.29, 0.717) is 33.1 Å². The van der Waals surface area contributed by atoms with Crippen molar-refractivity contribution in [2.24, 2.45) is 0 Å². The van der Waals surface area contributed by atoms with Crippen LogP contribution in [0, 0.1) is 5.82 Å². The summed E-state index contributed by atoms with van der Waals surface area (Å²) in [7, 11) is 0. The van der Waals surface area contributed by atoms with E-state index in [1.54, 1.807) is 17.2 Å². The van der Waals surface area contributed by atoms with Gasteiger partial charge in [-0.1, -0.05) is 11.6 Å². The number of carbonyl (C=O) groups is 1. The summed E-state index contributed by atoms with van der Waals surface area (Å²) < 4.78 is 14.5. The van der Waals surface area contributed by atoms with Crippen molar-refractivity contribution in [2.45, 2.75) is 25.5 Å². The molecule has 1 fully saturated rings. The highest BCUT2D eigenvalue weighted by atomic mass is 35.5. The molecule has 4 rings (SSSR count). The van der Waals surface area contributed by atoms with Gasteiger partial charge in [-0.3, -0.25) is 9.78 Å². The maximum atomic E-state index is 13.4. The zero-order valence-corrected chi connectivity index (χ0v) is 16.5. The van der Waals surface area contributed by atoms with Crippen LogP contribution in [0.4, 0.5) is 10.3 Å². The van der Waals surface area contributed by atoms with Crippen LogP contribution in [0.5, 0.6) is 0 Å². The third kappa shape index (κ3) is 3.78. The molecule has 28 heavy (non-hydrogen) atoms. The normalized spacial score (nSPS) is 17.9. The lowest BCUT2D eigenvalue weighted by molar-refractivity contribution is 0.0761. The van der Waals surface area contributed by atoms with E-state index in [-0.39, 0.29) is 30.1 Å². The molecule has 1 aliphatic heterocycles. The van der Waals surface area contributed by atoms with Gasteiger partial charge in [0.2, 0.25) is 5.95 Å². The lowest BCUT2D eigenvalue weighted by atomic mass is 10.1. The van der Waals surface area contributed by atoms with Crippen LogP contribution in [0.25, 0.3) is 10.2 Å². The molecule has 10 heteroatoms. The Kier molecular flexibility index (Phi) is 5.13. The first kappa shape index (κ1) is 19.0. The second kappa shape index (κ2) is 7.57. The highest BCUT2D eigenvalue weighted by Gasteiger charge is 2.29. The molecule has 7 nitrogen and oxygen atoms in total. The van der Waals surface area contributed by atoms with Crippen LogP contribution in [0.3, 0.4) is 0 Å². The molecule has 0 saturated carbocycles. The Morgan fingerprint density at radius 2 is 2.25 bits per heavy atom. The molecular weight excluding hydrogens is 405 g/mol. The number of thiophene rings is 1. The number of carbonyl (C=O) groups excluding carboxylic acids is 1. The third-order valence-electron chi connectivity index (χ3n) is 4.57. The number of amides is 1. The Morgan fingerprint density at radius 1 is 1.43 bits per heavy atom. The molecule has 1 amide bonds. The minimum Gasteiger partial charge on any atom is -0.391 e. The summed E-state index contributed by atoms with van der Waals surface area (Å²) in [5.41, 5.74) is 1.42. The Balaban J connectivity index is 1.68. The monoisotopic (exact) mass is 421 g/mol. The molecular formula is C18H17ClFN5O2S. The van der Waals surface area contributed by atoms with Crippen molar-refractivity contribution in [1.29, 1.82) is 0 Å². The maximum Gasteiger partial charge on any atom is 0.274 e. The van der Waals surface area contributed by atoms with Gasteiger partial charge in [0.15, 0.2) is 5.69 Å². The van der Waals surface area contributed by atoms with E-state index in [9.17, 15) is 14.3 Å². The van der Waals surface area contributed by atoms with Crippen molar-refractivity contribution in [3.63, 3.8) is 0 Å². The number of rotatable bonds is 4. The van der Waals surface area contributed by atoms with Crippen LogP contribution in [-0.4, -0.2) is 50.1 Å². The summed E-state index contributed by atoms with van der Waals surface area (Å²) in [6.07, 6.45) is 2.71. The second-order valence-corrected chi connectivity index (χ2v) is 8.34. The largest absolute Gasteiger partial charge is 0.391 e. The van der Waals surface area contributed by atoms with Crippen LogP contribution < -0.4 is 5.32 Å².